The van der Waals surface area contributed by atoms with Gasteiger partial charge in [0, 0.05) is 0 Å². The average Bonchev–Trinajstić information content (AvgIpc) is 2.62. The number of hydrogen-bond acceptors (Lipinski definition) is 4. The molecule has 144 valence electrons. The van der Waals surface area contributed by atoms with E-state index in [2.05, 4.69) is 31.2 Å². The minimum absolute atomic E-state index is 0.273. The lowest BCUT2D eigenvalue weighted by Gasteiger charge is -2.26. The van der Waals surface area contributed by atoms with Crippen molar-refractivity contribution in [3.8, 4) is 0 Å². The van der Waals surface area contributed by atoms with Crippen LogP contribution in [0.4, 0.5) is 10.5 Å². The Labute approximate surface area is 161 Å². The Bertz CT molecular complexity index is 775. The van der Waals surface area contributed by atoms with Crippen LogP contribution < -0.4 is 10.6 Å². The van der Waals surface area contributed by atoms with Gasteiger partial charge in [0.05, 0.1) is 12.2 Å². The molecule has 0 saturated carbocycles. The molecule has 0 aromatic heterocycles. The molecule has 2 rings (SSSR count). The number of rotatable bonds is 5. The van der Waals surface area contributed by atoms with Crippen molar-refractivity contribution in [1.82, 2.24) is 0 Å². The largest absolute Gasteiger partial charge is 0.443 e. The SMILES string of the molecule is CCc1ccc(Cc2ccc(N(C(=O)CN)C(=O)OC(C)(C)C)cc2)cc1. The molecule has 2 N–H and O–H groups in total. The predicted octanol–water partition coefficient (Wildman–Crippen LogP) is 4.07. The van der Waals surface area contributed by atoms with Gasteiger partial charge in [-0.1, -0.05) is 43.3 Å². The van der Waals surface area contributed by atoms with E-state index in [-0.39, 0.29) is 6.54 Å². The van der Waals surface area contributed by atoms with Crippen LogP contribution in [0.5, 0.6) is 0 Å². The molecule has 0 bridgehead atoms. The van der Waals surface area contributed by atoms with Gasteiger partial charge in [0.2, 0.25) is 5.91 Å². The summed E-state index contributed by atoms with van der Waals surface area (Å²) >= 11 is 0. The van der Waals surface area contributed by atoms with Crippen molar-refractivity contribution >= 4 is 17.7 Å². The third kappa shape index (κ3) is 5.93. The van der Waals surface area contributed by atoms with Crippen molar-refractivity contribution in [1.29, 1.82) is 0 Å². The quantitative estimate of drug-likeness (QED) is 0.863. The number of anilines is 1. The van der Waals surface area contributed by atoms with Crippen molar-refractivity contribution in [3.63, 3.8) is 0 Å². The van der Waals surface area contributed by atoms with Crippen LogP contribution in [-0.2, 0) is 22.4 Å². The van der Waals surface area contributed by atoms with Gasteiger partial charge in [-0.25, -0.2) is 9.69 Å². The lowest BCUT2D eigenvalue weighted by Crippen LogP contribution is -2.43. The van der Waals surface area contributed by atoms with Gasteiger partial charge < -0.3 is 10.5 Å². The second-order valence-electron chi connectivity index (χ2n) is 7.43. The van der Waals surface area contributed by atoms with E-state index < -0.39 is 17.6 Å². The van der Waals surface area contributed by atoms with E-state index in [0.717, 1.165) is 23.3 Å². The molecule has 2 aromatic rings. The number of aryl methyl sites for hydroxylation is 1. The molecule has 5 heteroatoms. The summed E-state index contributed by atoms with van der Waals surface area (Å²) < 4.78 is 5.34. The Morgan fingerprint density at radius 1 is 0.926 bits per heavy atom. The second kappa shape index (κ2) is 8.82. The van der Waals surface area contributed by atoms with Gasteiger partial charge in [-0.2, -0.15) is 0 Å². The molecule has 0 aliphatic carbocycles. The Morgan fingerprint density at radius 2 is 1.41 bits per heavy atom. The van der Waals surface area contributed by atoms with Gasteiger partial charge in [-0.3, -0.25) is 4.79 Å². The van der Waals surface area contributed by atoms with Crippen LogP contribution >= 0.6 is 0 Å². The summed E-state index contributed by atoms with van der Waals surface area (Å²) in [5.74, 6) is -0.507. The highest BCUT2D eigenvalue weighted by Crippen LogP contribution is 2.21. The number of ether oxygens (including phenoxy) is 1. The highest BCUT2D eigenvalue weighted by molar-refractivity contribution is 6.13. The number of hydrogen-bond donors (Lipinski definition) is 1. The first kappa shape index (κ1) is 20.6. The molecule has 0 aliphatic heterocycles. The third-order valence-electron chi connectivity index (χ3n) is 4.03. The maximum absolute atomic E-state index is 12.4. The minimum Gasteiger partial charge on any atom is -0.443 e. The Morgan fingerprint density at radius 3 is 1.85 bits per heavy atom. The molecule has 0 aliphatic rings. The number of benzene rings is 2. The van der Waals surface area contributed by atoms with Gasteiger partial charge in [0.25, 0.3) is 0 Å². The summed E-state index contributed by atoms with van der Waals surface area (Å²) in [4.78, 5) is 25.6. The number of imide groups is 1. The van der Waals surface area contributed by atoms with Crippen LogP contribution in [0.2, 0.25) is 0 Å². The zero-order valence-electron chi connectivity index (χ0n) is 16.5. The van der Waals surface area contributed by atoms with Crippen LogP contribution in [-0.4, -0.2) is 24.1 Å². The summed E-state index contributed by atoms with van der Waals surface area (Å²) in [6.45, 7) is 7.12. The normalized spacial score (nSPS) is 11.1. The lowest BCUT2D eigenvalue weighted by atomic mass is 10.0. The van der Waals surface area contributed by atoms with Crippen LogP contribution in [0.25, 0.3) is 0 Å². The van der Waals surface area contributed by atoms with Crippen molar-refractivity contribution in [2.75, 3.05) is 11.4 Å². The van der Waals surface area contributed by atoms with E-state index in [4.69, 9.17) is 10.5 Å². The monoisotopic (exact) mass is 368 g/mol. The third-order valence-corrected chi connectivity index (χ3v) is 4.03. The van der Waals surface area contributed by atoms with Gasteiger partial charge in [-0.15, -0.1) is 0 Å². The molecule has 27 heavy (non-hydrogen) atoms. The highest BCUT2D eigenvalue weighted by Gasteiger charge is 2.27. The summed E-state index contributed by atoms with van der Waals surface area (Å²) in [5.41, 5.74) is 8.83. The molecular weight excluding hydrogens is 340 g/mol. The first-order chi connectivity index (χ1) is 12.7. The molecule has 2 aromatic carbocycles. The minimum atomic E-state index is -0.721. The molecule has 0 spiro atoms. The van der Waals surface area contributed by atoms with Gasteiger partial charge in [0.1, 0.15) is 5.60 Å². The molecule has 0 heterocycles. The van der Waals surface area contributed by atoms with E-state index in [1.165, 1.54) is 11.1 Å². The fourth-order valence-electron chi connectivity index (χ4n) is 2.64. The number of carbonyl (C=O) groups excluding carboxylic acids is 2. The fourth-order valence-corrected chi connectivity index (χ4v) is 2.64. The first-order valence-corrected chi connectivity index (χ1v) is 9.16. The topological polar surface area (TPSA) is 72.6 Å². The number of amides is 2. The summed E-state index contributed by atoms with van der Waals surface area (Å²) in [6, 6.07) is 15.8. The van der Waals surface area contributed by atoms with Crippen LogP contribution in [0, 0.1) is 0 Å². The Kier molecular flexibility index (Phi) is 6.75. The molecular formula is C22H28N2O3. The molecule has 0 radical (unpaired) electrons. The number of nitrogens with two attached hydrogens (primary N) is 1. The van der Waals surface area contributed by atoms with Crippen molar-refractivity contribution < 1.29 is 14.3 Å². The van der Waals surface area contributed by atoms with E-state index in [1.807, 2.05) is 12.1 Å². The van der Waals surface area contributed by atoms with Gasteiger partial charge in [-0.05, 0) is 62.4 Å². The molecule has 0 fully saturated rings. The lowest BCUT2D eigenvalue weighted by molar-refractivity contribution is -0.117. The Balaban J connectivity index is 2.18. The molecule has 5 nitrogen and oxygen atoms in total. The molecule has 0 unspecified atom stereocenters. The maximum Gasteiger partial charge on any atom is 0.421 e. The van der Waals surface area contributed by atoms with Gasteiger partial charge >= 0.3 is 6.09 Å². The average molecular weight is 368 g/mol. The molecule has 0 saturated heterocycles. The maximum atomic E-state index is 12.4. The van der Waals surface area contributed by atoms with E-state index in [1.54, 1.807) is 32.9 Å². The summed E-state index contributed by atoms with van der Waals surface area (Å²) in [6.07, 6.45) is 1.08. The van der Waals surface area contributed by atoms with Gasteiger partial charge in [0.15, 0.2) is 0 Å². The fraction of sp³-hybridized carbons (Fsp3) is 0.364. The molecule has 0 atom stereocenters. The highest BCUT2D eigenvalue weighted by atomic mass is 16.6. The van der Waals surface area contributed by atoms with Crippen molar-refractivity contribution in [3.05, 3.63) is 65.2 Å². The van der Waals surface area contributed by atoms with Crippen molar-refractivity contribution in [2.24, 2.45) is 5.73 Å². The summed E-state index contributed by atoms with van der Waals surface area (Å²) in [7, 11) is 0. The van der Waals surface area contributed by atoms with Crippen LogP contribution in [0.15, 0.2) is 48.5 Å². The first-order valence-electron chi connectivity index (χ1n) is 9.16. The predicted molar refractivity (Wildman–Crippen MR) is 108 cm³/mol. The zero-order valence-corrected chi connectivity index (χ0v) is 16.5. The number of nitrogens with zero attached hydrogens (tertiary/aromatic N) is 1. The van der Waals surface area contributed by atoms with E-state index >= 15 is 0 Å². The van der Waals surface area contributed by atoms with Crippen LogP contribution in [0.3, 0.4) is 0 Å². The summed E-state index contributed by atoms with van der Waals surface area (Å²) in [5, 5.41) is 0. The van der Waals surface area contributed by atoms with E-state index in [9.17, 15) is 9.59 Å². The zero-order chi connectivity index (χ0) is 20.0. The molecule has 2 amide bonds. The van der Waals surface area contributed by atoms with E-state index in [0.29, 0.717) is 5.69 Å². The second-order valence-corrected chi connectivity index (χ2v) is 7.43. The van der Waals surface area contributed by atoms with Crippen LogP contribution in [0.1, 0.15) is 44.4 Å². The number of carbonyl (C=O) groups is 2. The standard InChI is InChI=1S/C22H28N2O3/c1-5-16-6-8-17(9-7-16)14-18-10-12-19(13-11-18)24(20(25)15-23)21(26)27-22(2,3)4/h6-13H,5,14-15,23H2,1-4H3. The smallest absolute Gasteiger partial charge is 0.421 e. The van der Waals surface area contributed by atoms with Crippen molar-refractivity contribution in [2.45, 2.75) is 46.1 Å². The Hall–Kier alpha value is -2.66.